The molecule has 5 rings (SSSR count). The van der Waals surface area contributed by atoms with Crippen LogP contribution in [-0.4, -0.2) is 51.4 Å². The van der Waals surface area contributed by atoms with Gasteiger partial charge in [-0.2, -0.15) is 0 Å². The molecule has 36 heavy (non-hydrogen) atoms. The SMILES string of the molecule is Cc1cc(/C=C2/C(=O)NC(=O)N(C3CCCC3)C2=O)c(C)n1-c1ccc(N2CCCC2)c([N+](=O)[O-])c1. The van der Waals surface area contributed by atoms with E-state index in [2.05, 4.69) is 5.32 Å². The monoisotopic (exact) mass is 491 g/mol. The minimum absolute atomic E-state index is 0.0503. The van der Waals surface area contributed by atoms with Crippen molar-refractivity contribution < 1.29 is 19.3 Å². The van der Waals surface area contributed by atoms with Crippen molar-refractivity contribution in [3.8, 4) is 5.69 Å². The third-order valence-electron chi connectivity index (χ3n) is 7.45. The third kappa shape index (κ3) is 4.06. The lowest BCUT2D eigenvalue weighted by molar-refractivity contribution is -0.384. The van der Waals surface area contributed by atoms with Gasteiger partial charge in [0.15, 0.2) is 0 Å². The number of carbonyl (C=O) groups excluding carboxylic acids is 3. The van der Waals surface area contributed by atoms with Gasteiger partial charge in [0.1, 0.15) is 11.3 Å². The summed E-state index contributed by atoms with van der Waals surface area (Å²) < 4.78 is 1.87. The Kier molecular flexibility index (Phi) is 6.11. The number of anilines is 1. The van der Waals surface area contributed by atoms with Crippen molar-refractivity contribution in [2.45, 2.75) is 58.4 Å². The zero-order chi connectivity index (χ0) is 25.6. The number of urea groups is 1. The first-order chi connectivity index (χ1) is 17.3. The van der Waals surface area contributed by atoms with E-state index in [4.69, 9.17) is 0 Å². The number of aryl methyl sites for hydroxylation is 1. The molecule has 0 spiro atoms. The molecule has 2 aromatic rings. The first kappa shape index (κ1) is 23.8. The summed E-state index contributed by atoms with van der Waals surface area (Å²) >= 11 is 0. The fourth-order valence-electron chi connectivity index (χ4n) is 5.67. The summed E-state index contributed by atoms with van der Waals surface area (Å²) in [6.07, 6.45) is 6.91. The molecule has 3 heterocycles. The first-order valence-electron chi connectivity index (χ1n) is 12.4. The summed E-state index contributed by atoms with van der Waals surface area (Å²) in [5, 5.41) is 14.2. The molecule has 0 unspecified atom stereocenters. The Hall–Kier alpha value is -3.95. The molecular weight excluding hydrogens is 462 g/mol. The van der Waals surface area contributed by atoms with Gasteiger partial charge in [-0.05, 0) is 69.4 Å². The maximum absolute atomic E-state index is 13.2. The Bertz CT molecular complexity index is 1300. The number of amides is 4. The van der Waals surface area contributed by atoms with E-state index in [1.807, 2.05) is 35.4 Å². The summed E-state index contributed by atoms with van der Waals surface area (Å²) in [7, 11) is 0. The van der Waals surface area contributed by atoms with Gasteiger partial charge in [-0.15, -0.1) is 0 Å². The highest BCUT2D eigenvalue weighted by Crippen LogP contribution is 2.34. The van der Waals surface area contributed by atoms with E-state index in [0.29, 0.717) is 16.9 Å². The number of nitro groups is 1. The average Bonchev–Trinajstić information content (AvgIpc) is 3.59. The molecule has 3 fully saturated rings. The van der Waals surface area contributed by atoms with Gasteiger partial charge in [0.2, 0.25) is 0 Å². The second-order valence-electron chi connectivity index (χ2n) is 9.72. The van der Waals surface area contributed by atoms with E-state index in [1.165, 1.54) is 11.0 Å². The van der Waals surface area contributed by atoms with Crippen LogP contribution in [0.4, 0.5) is 16.2 Å². The Morgan fingerprint density at radius 1 is 1.03 bits per heavy atom. The number of aromatic nitrogens is 1. The number of hydrogen-bond donors (Lipinski definition) is 1. The van der Waals surface area contributed by atoms with E-state index < -0.39 is 17.8 Å². The lowest BCUT2D eigenvalue weighted by Gasteiger charge is -2.31. The van der Waals surface area contributed by atoms with Crippen LogP contribution in [0.5, 0.6) is 0 Å². The number of nitrogens with zero attached hydrogens (tertiary/aromatic N) is 4. The highest BCUT2D eigenvalue weighted by molar-refractivity contribution is 6.31. The standard InChI is InChI=1S/C26H29N5O5/c1-16-13-18(14-21-24(32)27-26(34)30(25(21)33)19-7-3-4-8-19)17(2)29(16)20-9-10-22(23(15-20)31(35)36)28-11-5-6-12-28/h9-10,13-15,19H,3-8,11-12H2,1-2H3,(H,27,32,34)/b21-14-. The Morgan fingerprint density at radius 3 is 2.39 bits per heavy atom. The molecule has 10 heteroatoms. The highest BCUT2D eigenvalue weighted by Gasteiger charge is 2.40. The fourth-order valence-corrected chi connectivity index (χ4v) is 5.67. The second kappa shape index (κ2) is 9.25. The van der Waals surface area contributed by atoms with E-state index in [0.717, 1.165) is 63.0 Å². The molecule has 0 atom stereocenters. The number of nitro benzene ring substituents is 1. The van der Waals surface area contributed by atoms with Crippen LogP contribution in [0.15, 0.2) is 29.8 Å². The Morgan fingerprint density at radius 2 is 1.72 bits per heavy atom. The van der Waals surface area contributed by atoms with Crippen LogP contribution in [-0.2, 0) is 9.59 Å². The molecule has 2 aliphatic heterocycles. The molecule has 188 valence electrons. The molecule has 1 aromatic heterocycles. The van der Waals surface area contributed by atoms with E-state index in [-0.39, 0.29) is 22.2 Å². The lowest BCUT2D eigenvalue weighted by Crippen LogP contribution is -2.57. The van der Waals surface area contributed by atoms with Gasteiger partial charge in [0.05, 0.1) is 10.6 Å². The zero-order valence-electron chi connectivity index (χ0n) is 20.5. The van der Waals surface area contributed by atoms with Crippen LogP contribution in [0, 0.1) is 24.0 Å². The maximum Gasteiger partial charge on any atom is 0.331 e. The van der Waals surface area contributed by atoms with Crippen molar-refractivity contribution in [2.75, 3.05) is 18.0 Å². The molecular formula is C26H29N5O5. The van der Waals surface area contributed by atoms with Crippen molar-refractivity contribution in [3.05, 3.63) is 56.9 Å². The van der Waals surface area contributed by atoms with Crippen LogP contribution in [0.3, 0.4) is 0 Å². The summed E-state index contributed by atoms with van der Waals surface area (Å²) in [6, 6.07) is 6.19. The fraction of sp³-hybridized carbons (Fsp3) is 0.423. The molecule has 10 nitrogen and oxygen atoms in total. The van der Waals surface area contributed by atoms with Gasteiger partial charge in [0, 0.05) is 36.6 Å². The molecule has 1 saturated carbocycles. The second-order valence-corrected chi connectivity index (χ2v) is 9.72. The van der Waals surface area contributed by atoms with E-state index in [1.54, 1.807) is 12.1 Å². The number of carbonyl (C=O) groups is 3. The highest BCUT2D eigenvalue weighted by atomic mass is 16.6. The minimum atomic E-state index is -0.713. The predicted octanol–water partition coefficient (Wildman–Crippen LogP) is 4.01. The number of hydrogen-bond acceptors (Lipinski definition) is 6. The maximum atomic E-state index is 13.2. The summed E-state index contributed by atoms with van der Waals surface area (Å²) in [6.45, 7) is 5.31. The largest absolute Gasteiger partial charge is 0.366 e. The van der Waals surface area contributed by atoms with Crippen LogP contribution < -0.4 is 10.2 Å². The van der Waals surface area contributed by atoms with Crippen molar-refractivity contribution in [1.29, 1.82) is 0 Å². The first-order valence-corrected chi connectivity index (χ1v) is 12.4. The molecule has 0 bridgehead atoms. The van der Waals surface area contributed by atoms with Crippen LogP contribution in [0.1, 0.15) is 55.5 Å². The lowest BCUT2D eigenvalue weighted by atomic mass is 10.1. The molecule has 1 N–H and O–H groups in total. The molecule has 4 amide bonds. The summed E-state index contributed by atoms with van der Waals surface area (Å²) in [4.78, 5) is 52.9. The van der Waals surface area contributed by atoms with E-state index >= 15 is 0 Å². The zero-order valence-corrected chi connectivity index (χ0v) is 20.5. The van der Waals surface area contributed by atoms with Crippen LogP contribution >= 0.6 is 0 Å². The number of nitrogens with one attached hydrogen (secondary N) is 1. The van der Waals surface area contributed by atoms with Crippen molar-refractivity contribution in [1.82, 2.24) is 14.8 Å². The van der Waals surface area contributed by atoms with Crippen LogP contribution in [0.25, 0.3) is 11.8 Å². The molecule has 1 aliphatic carbocycles. The van der Waals surface area contributed by atoms with Gasteiger partial charge in [-0.25, -0.2) is 4.79 Å². The van der Waals surface area contributed by atoms with Crippen molar-refractivity contribution in [3.63, 3.8) is 0 Å². The summed E-state index contributed by atoms with van der Waals surface area (Å²) in [5.41, 5.74) is 3.38. The van der Waals surface area contributed by atoms with Crippen molar-refractivity contribution in [2.24, 2.45) is 0 Å². The molecule has 1 aromatic carbocycles. The number of barbiturate groups is 1. The van der Waals surface area contributed by atoms with Crippen LogP contribution in [0.2, 0.25) is 0 Å². The Labute approximate surface area is 208 Å². The summed E-state index contributed by atoms with van der Waals surface area (Å²) in [5.74, 6) is -1.29. The molecule has 2 saturated heterocycles. The van der Waals surface area contributed by atoms with Gasteiger partial charge in [0.25, 0.3) is 17.5 Å². The van der Waals surface area contributed by atoms with Crippen molar-refractivity contribution >= 4 is 35.3 Å². The molecule has 0 radical (unpaired) electrons. The molecule has 3 aliphatic rings. The number of benzene rings is 1. The minimum Gasteiger partial charge on any atom is -0.366 e. The third-order valence-corrected chi connectivity index (χ3v) is 7.45. The van der Waals surface area contributed by atoms with Gasteiger partial charge in [-0.1, -0.05) is 12.8 Å². The van der Waals surface area contributed by atoms with Gasteiger partial charge >= 0.3 is 6.03 Å². The van der Waals surface area contributed by atoms with Gasteiger partial charge in [-0.3, -0.25) is 29.9 Å². The topological polar surface area (TPSA) is 118 Å². The van der Waals surface area contributed by atoms with E-state index in [9.17, 15) is 24.5 Å². The smallest absolute Gasteiger partial charge is 0.331 e. The number of imide groups is 2. The number of rotatable bonds is 5. The predicted molar refractivity (Wildman–Crippen MR) is 134 cm³/mol. The Balaban J connectivity index is 1.51. The quantitative estimate of drug-likeness (QED) is 0.292. The normalized spacial score (nSPS) is 20.1. The van der Waals surface area contributed by atoms with Gasteiger partial charge < -0.3 is 9.47 Å². The average molecular weight is 492 g/mol.